The van der Waals surface area contributed by atoms with Gasteiger partial charge in [-0.05, 0) is 64.0 Å². The third-order valence-corrected chi connectivity index (χ3v) is 8.08. The van der Waals surface area contributed by atoms with Crippen molar-refractivity contribution in [3.05, 3.63) is 46.2 Å². The second-order valence-electron chi connectivity index (χ2n) is 11.3. The van der Waals surface area contributed by atoms with E-state index in [0.717, 1.165) is 16.7 Å². The first-order chi connectivity index (χ1) is 18.6. The Morgan fingerprint density at radius 1 is 1.10 bits per heavy atom. The summed E-state index contributed by atoms with van der Waals surface area (Å²) in [5, 5.41) is 3.06. The van der Waals surface area contributed by atoms with Crippen LogP contribution in [0, 0.1) is 25.7 Å². The van der Waals surface area contributed by atoms with E-state index in [9.17, 15) is 19.2 Å². The number of benzene rings is 1. The summed E-state index contributed by atoms with van der Waals surface area (Å²) in [7, 11) is 0. The minimum absolute atomic E-state index is 0.0930. The summed E-state index contributed by atoms with van der Waals surface area (Å²) in [6.45, 7) is 13.7. The Balaban J connectivity index is 1.62. The fraction of sp³-hybridized carbons (Fsp3) is 0.600. The Morgan fingerprint density at radius 3 is 2.38 bits per heavy atom. The molecule has 1 N–H and O–H groups in total. The van der Waals surface area contributed by atoms with Gasteiger partial charge in [-0.3, -0.25) is 19.3 Å². The molecule has 3 aliphatic rings. The predicted octanol–water partition coefficient (Wildman–Crippen LogP) is 3.70. The van der Waals surface area contributed by atoms with Gasteiger partial charge in [-0.2, -0.15) is 0 Å². The fourth-order valence-electron chi connectivity index (χ4n) is 6.10. The van der Waals surface area contributed by atoms with E-state index in [-0.39, 0.29) is 42.2 Å². The van der Waals surface area contributed by atoms with Crippen LogP contribution in [0.3, 0.4) is 0 Å². The largest absolute Gasteiger partial charge is 0.466 e. The lowest BCUT2D eigenvalue weighted by molar-refractivity contribution is -0.152. The number of hydrogen-bond donors (Lipinski definition) is 1. The quantitative estimate of drug-likeness (QED) is 0.509. The zero-order valence-electron chi connectivity index (χ0n) is 24.1. The first kappa shape index (κ1) is 28.6. The van der Waals surface area contributed by atoms with Crippen LogP contribution < -0.4 is 5.32 Å². The summed E-state index contributed by atoms with van der Waals surface area (Å²) >= 11 is 0. The topological polar surface area (TPSA) is 99.3 Å². The van der Waals surface area contributed by atoms with Gasteiger partial charge in [-0.15, -0.1) is 0 Å². The number of amides is 4. The molecule has 0 spiro atoms. The first-order valence-electron chi connectivity index (χ1n) is 14.2. The van der Waals surface area contributed by atoms with Crippen molar-refractivity contribution in [2.24, 2.45) is 11.8 Å². The minimum Gasteiger partial charge on any atom is -0.466 e. The van der Waals surface area contributed by atoms with Crippen LogP contribution >= 0.6 is 0 Å². The van der Waals surface area contributed by atoms with E-state index in [0.29, 0.717) is 56.8 Å². The number of esters is 1. The van der Waals surface area contributed by atoms with Crippen LogP contribution in [0.4, 0.5) is 4.79 Å². The van der Waals surface area contributed by atoms with E-state index < -0.39 is 12.1 Å². The van der Waals surface area contributed by atoms with Crippen molar-refractivity contribution in [1.82, 2.24) is 20.0 Å². The molecule has 0 aliphatic carbocycles. The number of piperidine rings is 1. The monoisotopic (exact) mass is 538 g/mol. The molecular weight excluding hydrogens is 496 g/mol. The van der Waals surface area contributed by atoms with E-state index >= 15 is 0 Å². The number of likely N-dealkylation sites (N-methyl/N-ethyl adjacent to an activating group) is 1. The molecular formula is C30H42N4O5. The first-order valence-corrected chi connectivity index (χ1v) is 14.2. The van der Waals surface area contributed by atoms with Crippen molar-refractivity contribution in [2.45, 2.75) is 72.9 Å². The van der Waals surface area contributed by atoms with E-state index in [4.69, 9.17) is 4.74 Å². The Hall–Kier alpha value is -3.36. The molecule has 0 radical (unpaired) electrons. The zero-order valence-corrected chi connectivity index (χ0v) is 24.1. The van der Waals surface area contributed by atoms with Crippen LogP contribution in [0.5, 0.6) is 0 Å². The molecule has 3 aliphatic heterocycles. The molecule has 2 unspecified atom stereocenters. The van der Waals surface area contributed by atoms with Crippen molar-refractivity contribution in [3.63, 3.8) is 0 Å². The summed E-state index contributed by atoms with van der Waals surface area (Å²) in [5.41, 5.74) is 4.23. The molecule has 4 rings (SSSR count). The van der Waals surface area contributed by atoms with Gasteiger partial charge in [-0.1, -0.05) is 37.6 Å². The molecule has 1 aromatic rings. The average molecular weight is 539 g/mol. The number of hydrogen-bond acceptors (Lipinski definition) is 5. The maximum absolute atomic E-state index is 14.2. The highest BCUT2D eigenvalue weighted by Crippen LogP contribution is 2.39. The van der Waals surface area contributed by atoms with Gasteiger partial charge in [0.1, 0.15) is 6.04 Å². The molecule has 39 heavy (non-hydrogen) atoms. The third kappa shape index (κ3) is 5.68. The van der Waals surface area contributed by atoms with Gasteiger partial charge in [0.25, 0.3) is 5.91 Å². The van der Waals surface area contributed by atoms with E-state index in [1.54, 1.807) is 21.6 Å². The van der Waals surface area contributed by atoms with E-state index in [2.05, 4.69) is 11.4 Å². The van der Waals surface area contributed by atoms with Gasteiger partial charge in [0.2, 0.25) is 5.91 Å². The normalized spacial score (nSPS) is 20.9. The van der Waals surface area contributed by atoms with Gasteiger partial charge >= 0.3 is 12.0 Å². The fourth-order valence-corrected chi connectivity index (χ4v) is 6.10. The lowest BCUT2D eigenvalue weighted by Crippen LogP contribution is -2.53. The number of urea groups is 1. The second kappa shape index (κ2) is 11.8. The predicted molar refractivity (Wildman–Crippen MR) is 147 cm³/mol. The molecule has 2 atom stereocenters. The van der Waals surface area contributed by atoms with Gasteiger partial charge in [0.15, 0.2) is 0 Å². The minimum atomic E-state index is -0.643. The highest BCUT2D eigenvalue weighted by molar-refractivity contribution is 6.03. The standard InChI is InChI=1S/C30H42N4O5/c1-7-33-24-17-34(28(36)25(24)26(31-30(33)38)22-10-9-19(5)16-20(22)6)23(15-18(3)4)27(35)32-13-11-21(12-14-32)29(37)39-8-2/h9-10,16,18,21,23,26H,7-8,11-15,17H2,1-6H3,(H,31,38). The smallest absolute Gasteiger partial charge is 0.322 e. The Labute approximate surface area is 231 Å². The van der Waals surface area contributed by atoms with Crippen LogP contribution in [0.1, 0.15) is 69.7 Å². The van der Waals surface area contributed by atoms with Crippen molar-refractivity contribution < 1.29 is 23.9 Å². The van der Waals surface area contributed by atoms with Gasteiger partial charge in [0, 0.05) is 19.6 Å². The van der Waals surface area contributed by atoms with Crippen LogP contribution in [-0.4, -0.2) is 77.3 Å². The summed E-state index contributed by atoms with van der Waals surface area (Å²) in [5.74, 6) is -0.519. The lowest BCUT2D eigenvalue weighted by Gasteiger charge is -2.37. The Morgan fingerprint density at radius 2 is 1.79 bits per heavy atom. The van der Waals surface area contributed by atoms with Crippen molar-refractivity contribution >= 4 is 23.8 Å². The van der Waals surface area contributed by atoms with Gasteiger partial charge < -0.3 is 19.9 Å². The summed E-state index contributed by atoms with van der Waals surface area (Å²) in [6, 6.07) is 4.57. The van der Waals surface area contributed by atoms with E-state index in [1.165, 1.54) is 0 Å². The molecule has 212 valence electrons. The molecule has 9 nitrogen and oxygen atoms in total. The molecule has 1 aromatic carbocycles. The maximum atomic E-state index is 14.2. The second-order valence-corrected chi connectivity index (χ2v) is 11.3. The zero-order chi connectivity index (χ0) is 28.4. The number of likely N-dealkylation sites (tertiary alicyclic amines) is 1. The Bertz CT molecular complexity index is 1170. The van der Waals surface area contributed by atoms with Crippen molar-refractivity contribution in [2.75, 3.05) is 32.8 Å². The summed E-state index contributed by atoms with van der Waals surface area (Å²) in [4.78, 5) is 58.5. The molecule has 0 saturated carbocycles. The van der Waals surface area contributed by atoms with E-state index in [1.807, 2.05) is 46.8 Å². The summed E-state index contributed by atoms with van der Waals surface area (Å²) < 4.78 is 5.18. The average Bonchev–Trinajstić information content (AvgIpc) is 3.23. The van der Waals surface area contributed by atoms with Gasteiger partial charge in [0.05, 0.1) is 36.4 Å². The number of nitrogens with zero attached hydrogens (tertiary/aromatic N) is 3. The van der Waals surface area contributed by atoms with Crippen molar-refractivity contribution in [3.8, 4) is 0 Å². The number of ether oxygens (including phenoxy) is 1. The molecule has 1 fully saturated rings. The molecule has 9 heteroatoms. The molecule has 0 bridgehead atoms. The third-order valence-electron chi connectivity index (χ3n) is 8.08. The maximum Gasteiger partial charge on any atom is 0.322 e. The SMILES string of the molecule is CCOC(=O)C1CCN(C(=O)C(CC(C)C)N2CC3=C(C2=O)C(c2ccc(C)cc2C)NC(=O)N3CC)CC1. The molecule has 0 aromatic heterocycles. The lowest BCUT2D eigenvalue weighted by atomic mass is 9.91. The van der Waals surface area contributed by atoms with Crippen LogP contribution in [0.2, 0.25) is 0 Å². The van der Waals surface area contributed by atoms with Crippen LogP contribution in [0.15, 0.2) is 29.5 Å². The Kier molecular flexibility index (Phi) is 8.67. The highest BCUT2D eigenvalue weighted by Gasteiger charge is 2.48. The summed E-state index contributed by atoms with van der Waals surface area (Å²) in [6.07, 6.45) is 1.63. The molecule has 3 heterocycles. The number of aryl methyl sites for hydroxylation is 2. The van der Waals surface area contributed by atoms with Crippen LogP contribution in [0.25, 0.3) is 0 Å². The highest BCUT2D eigenvalue weighted by atomic mass is 16.5. The number of rotatable bonds is 8. The molecule has 4 amide bonds. The molecule has 1 saturated heterocycles. The number of carbonyl (C=O) groups is 4. The van der Waals surface area contributed by atoms with Gasteiger partial charge in [-0.25, -0.2) is 4.79 Å². The van der Waals surface area contributed by atoms with Crippen molar-refractivity contribution in [1.29, 1.82) is 0 Å². The number of carbonyl (C=O) groups excluding carboxylic acids is 4. The van der Waals surface area contributed by atoms with Crippen LogP contribution in [-0.2, 0) is 19.1 Å². The number of nitrogens with one attached hydrogen (secondary N) is 1.